The van der Waals surface area contributed by atoms with E-state index < -0.39 is 5.67 Å². The molecule has 162 valence electrons. The van der Waals surface area contributed by atoms with E-state index in [1.54, 1.807) is 12.4 Å². The van der Waals surface area contributed by atoms with Crippen LogP contribution < -0.4 is 15.5 Å². The Kier molecular flexibility index (Phi) is 5.61. The van der Waals surface area contributed by atoms with Crippen LogP contribution in [0, 0.1) is 0 Å². The van der Waals surface area contributed by atoms with E-state index in [1.807, 2.05) is 24.4 Å². The van der Waals surface area contributed by atoms with E-state index in [0.29, 0.717) is 29.8 Å². The zero-order valence-electron chi connectivity index (χ0n) is 17.4. The van der Waals surface area contributed by atoms with Crippen LogP contribution >= 0.6 is 0 Å². The molecular formula is C22H26FN7O. The highest BCUT2D eigenvalue weighted by Crippen LogP contribution is 2.28. The SMILES string of the molecule is F[C@@]1(CNc2nc(-c3ccc(N4CCOCC4)nc3)cc3nccnc23)CCCNC1. The van der Waals surface area contributed by atoms with Crippen LogP contribution in [0.2, 0.25) is 0 Å². The Labute approximate surface area is 180 Å². The van der Waals surface area contributed by atoms with Gasteiger partial charge in [0.1, 0.15) is 17.0 Å². The molecule has 2 aliphatic heterocycles. The van der Waals surface area contributed by atoms with Gasteiger partial charge in [0.15, 0.2) is 5.82 Å². The van der Waals surface area contributed by atoms with Crippen molar-refractivity contribution in [3.63, 3.8) is 0 Å². The first kappa shape index (κ1) is 20.0. The number of hydrogen-bond acceptors (Lipinski definition) is 8. The molecule has 8 nitrogen and oxygen atoms in total. The molecule has 0 aromatic carbocycles. The van der Waals surface area contributed by atoms with Gasteiger partial charge in [-0.05, 0) is 37.6 Å². The van der Waals surface area contributed by atoms with Gasteiger partial charge in [0.2, 0.25) is 0 Å². The van der Waals surface area contributed by atoms with Crippen molar-refractivity contribution >= 4 is 22.7 Å². The van der Waals surface area contributed by atoms with Crippen molar-refractivity contribution in [1.82, 2.24) is 25.3 Å². The summed E-state index contributed by atoms with van der Waals surface area (Å²) in [5, 5.41) is 6.33. The molecule has 3 aromatic heterocycles. The van der Waals surface area contributed by atoms with Crippen molar-refractivity contribution in [3.8, 4) is 11.3 Å². The third kappa shape index (κ3) is 4.42. The van der Waals surface area contributed by atoms with Crippen molar-refractivity contribution in [2.24, 2.45) is 0 Å². The topological polar surface area (TPSA) is 88.1 Å². The minimum atomic E-state index is -1.30. The molecule has 31 heavy (non-hydrogen) atoms. The lowest BCUT2D eigenvalue weighted by molar-refractivity contribution is 0.122. The van der Waals surface area contributed by atoms with Crippen molar-refractivity contribution in [2.45, 2.75) is 18.5 Å². The standard InChI is InChI=1S/C22H26FN7O/c23-22(4-1-5-24-14-22)15-28-21-20-18(25-6-7-26-20)12-17(29-21)16-2-3-19(27-13-16)30-8-10-31-11-9-30/h2-3,6-7,12-13,24H,1,4-5,8-11,14-15H2,(H,28,29)/t22-/m0/s1. The van der Waals surface area contributed by atoms with E-state index in [9.17, 15) is 0 Å². The number of rotatable bonds is 5. The van der Waals surface area contributed by atoms with E-state index in [4.69, 9.17) is 9.72 Å². The molecule has 2 aliphatic rings. The number of ether oxygens (including phenoxy) is 1. The molecule has 0 aliphatic carbocycles. The van der Waals surface area contributed by atoms with Gasteiger partial charge >= 0.3 is 0 Å². The van der Waals surface area contributed by atoms with Crippen LogP contribution in [0.15, 0.2) is 36.8 Å². The van der Waals surface area contributed by atoms with Crippen LogP contribution in [-0.4, -0.2) is 71.5 Å². The summed E-state index contributed by atoms with van der Waals surface area (Å²) in [6.07, 6.45) is 6.45. The molecule has 2 saturated heterocycles. The number of fused-ring (bicyclic) bond motifs is 1. The van der Waals surface area contributed by atoms with Gasteiger partial charge in [-0.3, -0.25) is 4.98 Å². The van der Waals surface area contributed by atoms with Crippen LogP contribution in [0.25, 0.3) is 22.3 Å². The van der Waals surface area contributed by atoms with Gasteiger partial charge < -0.3 is 20.3 Å². The lowest BCUT2D eigenvalue weighted by atomic mass is 9.96. The summed E-state index contributed by atoms with van der Waals surface area (Å²) in [5.74, 6) is 1.47. The van der Waals surface area contributed by atoms with Crippen molar-refractivity contribution in [3.05, 3.63) is 36.8 Å². The number of pyridine rings is 2. The minimum absolute atomic E-state index is 0.177. The molecule has 2 N–H and O–H groups in total. The maximum Gasteiger partial charge on any atom is 0.155 e. The predicted octanol–water partition coefficient (Wildman–Crippen LogP) is 2.43. The van der Waals surface area contributed by atoms with Crippen LogP contribution in [0.1, 0.15) is 12.8 Å². The first-order chi connectivity index (χ1) is 15.2. The highest BCUT2D eigenvalue weighted by Gasteiger charge is 2.31. The zero-order valence-corrected chi connectivity index (χ0v) is 17.4. The number of nitrogens with zero attached hydrogens (tertiary/aromatic N) is 5. The maximum absolute atomic E-state index is 15.1. The molecule has 2 fully saturated rings. The second-order valence-electron chi connectivity index (χ2n) is 8.07. The average Bonchev–Trinajstić information content (AvgIpc) is 2.83. The Bertz CT molecular complexity index is 1030. The third-order valence-corrected chi connectivity index (χ3v) is 5.83. The molecule has 0 unspecified atom stereocenters. The monoisotopic (exact) mass is 423 g/mol. The molecule has 0 radical (unpaired) electrons. The molecule has 5 rings (SSSR count). The predicted molar refractivity (Wildman–Crippen MR) is 118 cm³/mol. The minimum Gasteiger partial charge on any atom is -0.378 e. The van der Waals surface area contributed by atoms with Gasteiger partial charge in [-0.2, -0.15) is 0 Å². The quantitative estimate of drug-likeness (QED) is 0.647. The fraction of sp³-hybridized carbons (Fsp3) is 0.455. The summed E-state index contributed by atoms with van der Waals surface area (Å²) in [6.45, 7) is 4.49. The fourth-order valence-electron chi connectivity index (χ4n) is 4.08. The number of hydrogen-bond donors (Lipinski definition) is 2. The lowest BCUT2D eigenvalue weighted by Gasteiger charge is -2.30. The van der Waals surface area contributed by atoms with Gasteiger partial charge in [-0.15, -0.1) is 0 Å². The normalized spacial score (nSPS) is 21.9. The van der Waals surface area contributed by atoms with E-state index in [2.05, 4.69) is 30.5 Å². The Morgan fingerprint density at radius 3 is 2.81 bits per heavy atom. The summed E-state index contributed by atoms with van der Waals surface area (Å²) >= 11 is 0. The van der Waals surface area contributed by atoms with Gasteiger partial charge in [0.25, 0.3) is 0 Å². The summed E-state index contributed by atoms with van der Waals surface area (Å²) in [6, 6.07) is 5.90. The molecule has 5 heterocycles. The van der Waals surface area contributed by atoms with Crippen molar-refractivity contribution < 1.29 is 9.13 Å². The largest absolute Gasteiger partial charge is 0.378 e. The number of piperidine rings is 1. The second-order valence-corrected chi connectivity index (χ2v) is 8.07. The first-order valence-electron chi connectivity index (χ1n) is 10.7. The van der Waals surface area contributed by atoms with Gasteiger partial charge in [-0.1, -0.05) is 0 Å². The van der Waals surface area contributed by atoms with Crippen molar-refractivity contribution in [2.75, 3.05) is 56.2 Å². The Morgan fingerprint density at radius 2 is 2.03 bits per heavy atom. The van der Waals surface area contributed by atoms with E-state index >= 15 is 4.39 Å². The summed E-state index contributed by atoms with van der Waals surface area (Å²) in [5.41, 5.74) is 1.65. The number of halogens is 1. The first-order valence-corrected chi connectivity index (χ1v) is 10.7. The Balaban J connectivity index is 1.42. The zero-order chi connectivity index (χ0) is 21.1. The van der Waals surface area contributed by atoms with Crippen LogP contribution in [-0.2, 0) is 4.74 Å². The second kappa shape index (κ2) is 8.68. The van der Waals surface area contributed by atoms with Gasteiger partial charge in [0.05, 0.1) is 31.0 Å². The molecule has 0 bridgehead atoms. The lowest BCUT2D eigenvalue weighted by Crippen LogP contribution is -2.46. The summed E-state index contributed by atoms with van der Waals surface area (Å²) in [7, 11) is 0. The average molecular weight is 423 g/mol. The highest BCUT2D eigenvalue weighted by molar-refractivity contribution is 5.88. The van der Waals surface area contributed by atoms with Crippen LogP contribution in [0.3, 0.4) is 0 Å². The summed E-state index contributed by atoms with van der Waals surface area (Å²) in [4.78, 5) is 20.4. The Hall–Kier alpha value is -2.91. The van der Waals surface area contributed by atoms with Gasteiger partial charge in [-0.25, -0.2) is 19.3 Å². The number of anilines is 2. The van der Waals surface area contributed by atoms with E-state index in [1.165, 1.54) is 0 Å². The van der Waals surface area contributed by atoms with Crippen LogP contribution in [0.5, 0.6) is 0 Å². The molecule has 3 aromatic rings. The summed E-state index contributed by atoms with van der Waals surface area (Å²) < 4.78 is 20.5. The third-order valence-electron chi connectivity index (χ3n) is 5.83. The van der Waals surface area contributed by atoms with Gasteiger partial charge in [0, 0.05) is 43.8 Å². The number of morpholine rings is 1. The van der Waals surface area contributed by atoms with Crippen molar-refractivity contribution in [1.29, 1.82) is 0 Å². The highest BCUT2D eigenvalue weighted by atomic mass is 19.1. The fourth-order valence-corrected chi connectivity index (χ4v) is 4.08. The Morgan fingerprint density at radius 1 is 1.16 bits per heavy atom. The molecular weight excluding hydrogens is 397 g/mol. The molecule has 0 amide bonds. The molecule has 1 atom stereocenters. The maximum atomic E-state index is 15.1. The smallest absolute Gasteiger partial charge is 0.155 e. The number of nitrogens with one attached hydrogen (secondary N) is 2. The van der Waals surface area contributed by atoms with E-state index in [0.717, 1.165) is 56.3 Å². The number of aromatic nitrogens is 4. The molecule has 0 spiro atoms. The molecule has 0 saturated carbocycles. The molecule has 9 heteroatoms. The van der Waals surface area contributed by atoms with Crippen LogP contribution in [0.4, 0.5) is 16.0 Å². The van der Waals surface area contributed by atoms with E-state index in [-0.39, 0.29) is 6.54 Å². The number of alkyl halides is 1.